The van der Waals surface area contributed by atoms with Gasteiger partial charge in [-0.15, -0.1) is 0 Å². The first-order valence-electron chi connectivity index (χ1n) is 10.7. The second-order valence-corrected chi connectivity index (χ2v) is 8.04. The normalized spacial score (nSPS) is 13.1. The second-order valence-electron chi connectivity index (χ2n) is 8.04. The molecular formula is C24H26N4O5. The molecule has 2 aromatic carbocycles. The third kappa shape index (κ3) is 5.14. The Kier molecular flexibility index (Phi) is 6.58. The highest BCUT2D eigenvalue weighted by molar-refractivity contribution is 5.91. The van der Waals surface area contributed by atoms with Gasteiger partial charge >= 0.3 is 5.97 Å². The predicted octanol–water partition coefficient (Wildman–Crippen LogP) is 2.83. The van der Waals surface area contributed by atoms with Crippen LogP contribution < -0.4 is 20.1 Å². The van der Waals surface area contributed by atoms with E-state index in [2.05, 4.69) is 20.6 Å². The van der Waals surface area contributed by atoms with Crippen molar-refractivity contribution < 1.29 is 23.8 Å². The molecule has 0 aliphatic carbocycles. The molecule has 1 amide bonds. The van der Waals surface area contributed by atoms with Gasteiger partial charge in [0.2, 0.25) is 12.7 Å². The van der Waals surface area contributed by atoms with Crippen molar-refractivity contribution in [3.8, 4) is 11.5 Å². The summed E-state index contributed by atoms with van der Waals surface area (Å²) in [7, 11) is 1.36. The summed E-state index contributed by atoms with van der Waals surface area (Å²) in [5.41, 5.74) is 1.53. The number of hydrogen-bond donors (Lipinski definition) is 2. The molecule has 4 rings (SSSR count). The minimum absolute atomic E-state index is 0.0176. The Morgan fingerprint density at radius 1 is 1.09 bits per heavy atom. The summed E-state index contributed by atoms with van der Waals surface area (Å²) in [5, 5.41) is 6.84. The highest BCUT2D eigenvalue weighted by Gasteiger charge is 2.24. The van der Waals surface area contributed by atoms with E-state index in [0.717, 1.165) is 10.9 Å². The van der Waals surface area contributed by atoms with Gasteiger partial charge in [-0.25, -0.2) is 14.8 Å². The van der Waals surface area contributed by atoms with E-state index in [9.17, 15) is 9.59 Å². The van der Waals surface area contributed by atoms with E-state index in [1.165, 1.54) is 7.11 Å². The first-order valence-corrected chi connectivity index (χ1v) is 10.7. The van der Waals surface area contributed by atoms with E-state index < -0.39 is 6.04 Å². The Bertz CT molecular complexity index is 1180. The van der Waals surface area contributed by atoms with Gasteiger partial charge in [0.1, 0.15) is 11.9 Å². The molecule has 0 bridgehead atoms. The zero-order valence-corrected chi connectivity index (χ0v) is 18.8. The number of fused-ring (bicyclic) bond motifs is 2. The highest BCUT2D eigenvalue weighted by atomic mass is 16.7. The molecular weight excluding hydrogens is 424 g/mol. The number of methoxy groups -OCH3 is 1. The van der Waals surface area contributed by atoms with E-state index in [1.54, 1.807) is 12.1 Å². The Balaban J connectivity index is 1.49. The molecule has 1 aromatic heterocycles. The fraction of sp³-hybridized carbons (Fsp3) is 0.333. The lowest BCUT2D eigenvalue weighted by molar-refractivity contribution is -0.142. The lowest BCUT2D eigenvalue weighted by Gasteiger charge is -2.21. The van der Waals surface area contributed by atoms with Crippen molar-refractivity contribution in [2.45, 2.75) is 32.9 Å². The zero-order valence-electron chi connectivity index (χ0n) is 18.8. The third-order valence-electron chi connectivity index (χ3n) is 5.31. The summed E-state index contributed by atoms with van der Waals surface area (Å²) in [6.45, 7) is 4.19. The van der Waals surface area contributed by atoms with Gasteiger partial charge < -0.3 is 24.8 Å². The topological polar surface area (TPSA) is 112 Å². The fourth-order valence-corrected chi connectivity index (χ4v) is 3.56. The highest BCUT2D eigenvalue weighted by Crippen LogP contribution is 2.32. The molecule has 33 heavy (non-hydrogen) atoms. The molecule has 2 N–H and O–H groups in total. The molecule has 0 saturated heterocycles. The van der Waals surface area contributed by atoms with Crippen molar-refractivity contribution in [2.24, 2.45) is 5.92 Å². The molecule has 0 saturated carbocycles. The van der Waals surface area contributed by atoms with Gasteiger partial charge in [-0.2, -0.15) is 0 Å². The van der Waals surface area contributed by atoms with Crippen LogP contribution in [0.25, 0.3) is 10.9 Å². The minimum atomic E-state index is -0.568. The summed E-state index contributed by atoms with van der Waals surface area (Å²) in [4.78, 5) is 33.9. The average Bonchev–Trinajstić information content (AvgIpc) is 3.28. The molecule has 2 heterocycles. The summed E-state index contributed by atoms with van der Waals surface area (Å²) in [6, 6.07) is 12.4. The number of hydrogen-bond acceptors (Lipinski definition) is 8. The van der Waals surface area contributed by atoms with Crippen LogP contribution in [-0.2, 0) is 27.3 Å². The Labute approximate surface area is 191 Å². The first-order chi connectivity index (χ1) is 15.9. The number of esters is 1. The first kappa shape index (κ1) is 22.3. The molecule has 1 unspecified atom stereocenters. The van der Waals surface area contributed by atoms with Crippen LogP contribution in [0.3, 0.4) is 0 Å². The fourth-order valence-electron chi connectivity index (χ4n) is 3.56. The predicted molar refractivity (Wildman–Crippen MR) is 122 cm³/mol. The monoisotopic (exact) mass is 450 g/mol. The molecule has 9 heteroatoms. The standard InChI is InChI=1S/C24H26N4O5/c1-14(2)22(24(30)31-3)28-23-16-6-4-5-7-17(16)26-20(27-23)12-25-21(29)11-15-8-9-18-19(10-15)33-13-32-18/h4-10,14,22H,11-13H2,1-3H3,(H,25,29)(H,26,27,28). The summed E-state index contributed by atoms with van der Waals surface area (Å²) >= 11 is 0. The van der Waals surface area contributed by atoms with E-state index in [4.69, 9.17) is 14.2 Å². The largest absolute Gasteiger partial charge is 0.467 e. The number of benzene rings is 2. The maximum atomic E-state index is 12.5. The van der Waals surface area contributed by atoms with Crippen molar-refractivity contribution in [3.63, 3.8) is 0 Å². The van der Waals surface area contributed by atoms with Gasteiger partial charge in [-0.1, -0.05) is 32.0 Å². The molecule has 172 valence electrons. The van der Waals surface area contributed by atoms with Crippen molar-refractivity contribution >= 4 is 28.6 Å². The molecule has 0 radical (unpaired) electrons. The molecule has 0 fully saturated rings. The van der Waals surface area contributed by atoms with Gasteiger partial charge in [0.05, 0.1) is 25.6 Å². The number of nitrogens with one attached hydrogen (secondary N) is 2. The van der Waals surface area contributed by atoms with Crippen LogP contribution in [0.4, 0.5) is 5.82 Å². The maximum Gasteiger partial charge on any atom is 0.328 e. The maximum absolute atomic E-state index is 12.5. The minimum Gasteiger partial charge on any atom is -0.467 e. The van der Waals surface area contributed by atoms with Gasteiger partial charge in [0.15, 0.2) is 17.3 Å². The summed E-state index contributed by atoms with van der Waals surface area (Å²) in [6.07, 6.45) is 0.188. The van der Waals surface area contributed by atoms with E-state index >= 15 is 0 Å². The Morgan fingerprint density at radius 3 is 2.67 bits per heavy atom. The van der Waals surface area contributed by atoms with Crippen molar-refractivity contribution in [2.75, 3.05) is 19.2 Å². The Morgan fingerprint density at radius 2 is 1.88 bits per heavy atom. The molecule has 0 spiro atoms. The van der Waals surface area contributed by atoms with Gasteiger partial charge in [0, 0.05) is 5.39 Å². The number of ether oxygens (including phenoxy) is 3. The van der Waals surface area contributed by atoms with E-state index in [0.29, 0.717) is 28.7 Å². The van der Waals surface area contributed by atoms with Crippen molar-refractivity contribution in [3.05, 3.63) is 53.9 Å². The van der Waals surface area contributed by atoms with E-state index in [1.807, 2.05) is 44.2 Å². The summed E-state index contributed by atoms with van der Waals surface area (Å²) in [5.74, 6) is 1.71. The number of carbonyl (C=O) groups excluding carboxylic acids is 2. The third-order valence-corrected chi connectivity index (χ3v) is 5.31. The molecule has 3 aromatic rings. The van der Waals surface area contributed by atoms with Crippen LogP contribution in [0.15, 0.2) is 42.5 Å². The summed E-state index contributed by atoms with van der Waals surface area (Å²) < 4.78 is 15.6. The molecule has 1 atom stereocenters. The number of aromatic nitrogens is 2. The van der Waals surface area contributed by atoms with Crippen LogP contribution in [0.5, 0.6) is 11.5 Å². The smallest absolute Gasteiger partial charge is 0.328 e. The molecule has 9 nitrogen and oxygen atoms in total. The lowest BCUT2D eigenvalue weighted by atomic mass is 10.0. The number of amides is 1. The van der Waals surface area contributed by atoms with Gasteiger partial charge in [-0.3, -0.25) is 4.79 Å². The quantitative estimate of drug-likeness (QED) is 0.504. The van der Waals surface area contributed by atoms with Crippen LogP contribution in [0.2, 0.25) is 0 Å². The average molecular weight is 450 g/mol. The van der Waals surface area contributed by atoms with Crippen LogP contribution in [-0.4, -0.2) is 41.8 Å². The van der Waals surface area contributed by atoms with Crippen LogP contribution in [0, 0.1) is 5.92 Å². The molecule has 1 aliphatic heterocycles. The second kappa shape index (κ2) is 9.72. The Hall–Kier alpha value is -3.88. The van der Waals surface area contributed by atoms with Crippen LogP contribution in [0.1, 0.15) is 25.2 Å². The SMILES string of the molecule is COC(=O)C(Nc1nc(CNC(=O)Cc2ccc3c(c2)OCO3)nc2ccccc12)C(C)C. The lowest BCUT2D eigenvalue weighted by Crippen LogP contribution is -2.36. The number of para-hydroxylation sites is 1. The number of carbonyl (C=O) groups is 2. The van der Waals surface area contributed by atoms with Crippen molar-refractivity contribution in [1.29, 1.82) is 0 Å². The van der Waals surface area contributed by atoms with Gasteiger partial charge in [-0.05, 0) is 35.7 Å². The zero-order chi connectivity index (χ0) is 23.4. The van der Waals surface area contributed by atoms with Crippen molar-refractivity contribution in [1.82, 2.24) is 15.3 Å². The van der Waals surface area contributed by atoms with Gasteiger partial charge in [0.25, 0.3) is 0 Å². The van der Waals surface area contributed by atoms with Crippen LogP contribution >= 0.6 is 0 Å². The number of anilines is 1. The molecule has 1 aliphatic rings. The number of nitrogens with zero attached hydrogens (tertiary/aromatic N) is 2. The number of rotatable bonds is 8. The van der Waals surface area contributed by atoms with E-state index in [-0.39, 0.29) is 37.6 Å².